The van der Waals surface area contributed by atoms with E-state index in [4.69, 9.17) is 9.47 Å². The van der Waals surface area contributed by atoms with E-state index in [1.807, 2.05) is 0 Å². The molecule has 0 aliphatic carbocycles. The summed E-state index contributed by atoms with van der Waals surface area (Å²) >= 11 is 0. The van der Waals surface area contributed by atoms with E-state index in [0.29, 0.717) is 0 Å². The first-order valence-electron chi connectivity index (χ1n) is 9.78. The highest BCUT2D eigenvalue weighted by molar-refractivity contribution is 4.98. The van der Waals surface area contributed by atoms with Gasteiger partial charge in [0.05, 0.1) is 12.7 Å². The molecule has 0 saturated carbocycles. The van der Waals surface area contributed by atoms with Gasteiger partial charge >= 0.3 is 0 Å². The zero-order chi connectivity index (χ0) is 17.3. The molecule has 0 amide bonds. The molecule has 0 aromatic carbocycles. The molecule has 1 heterocycles. The maximum Gasteiger partial charge on any atom is 0.166 e. The van der Waals surface area contributed by atoms with Crippen LogP contribution >= 0.6 is 0 Å². The van der Waals surface area contributed by atoms with E-state index in [9.17, 15) is 0 Å². The summed E-state index contributed by atoms with van der Waals surface area (Å²) in [5.74, 6) is 1.37. The Hall–Kier alpha value is -0.340. The van der Waals surface area contributed by atoms with E-state index in [1.165, 1.54) is 44.1 Å². The van der Waals surface area contributed by atoms with Gasteiger partial charge in [0.1, 0.15) is 0 Å². The molecule has 1 saturated heterocycles. The Labute approximate surface area is 145 Å². The van der Waals surface area contributed by atoms with Crippen LogP contribution in [-0.2, 0) is 9.47 Å². The Bertz CT molecular complexity index is 348. The highest BCUT2D eigenvalue weighted by atomic mass is 16.7. The van der Waals surface area contributed by atoms with Crippen molar-refractivity contribution in [1.29, 1.82) is 0 Å². The van der Waals surface area contributed by atoms with Crippen LogP contribution in [0.3, 0.4) is 0 Å². The maximum atomic E-state index is 5.85. The van der Waals surface area contributed by atoms with E-state index in [0.717, 1.165) is 31.3 Å². The third-order valence-electron chi connectivity index (χ3n) is 4.91. The lowest BCUT2D eigenvalue weighted by Gasteiger charge is -2.22. The first kappa shape index (κ1) is 20.7. The molecule has 3 atom stereocenters. The van der Waals surface area contributed by atoms with Crippen LogP contribution in [0, 0.1) is 11.8 Å². The lowest BCUT2D eigenvalue weighted by molar-refractivity contribution is -0.155. The highest BCUT2D eigenvalue weighted by Gasteiger charge is 2.34. The van der Waals surface area contributed by atoms with Crippen LogP contribution in [0.1, 0.15) is 92.9 Å². The standard InChI is InChI=1S/C21H40O2/c1-17(2)10-7-11-18(3)12-8-13-19(4)14-9-15-21(6)22-16-20(5)23-21/h14,17-18,20H,7-13,15-16H2,1-6H3. The normalized spacial score (nSPS) is 26.9. The maximum absolute atomic E-state index is 5.85. The van der Waals surface area contributed by atoms with Gasteiger partial charge in [0.2, 0.25) is 0 Å². The number of hydrogen-bond donors (Lipinski definition) is 0. The van der Waals surface area contributed by atoms with Gasteiger partial charge in [0.15, 0.2) is 5.79 Å². The van der Waals surface area contributed by atoms with Crippen molar-refractivity contribution in [3.05, 3.63) is 11.6 Å². The van der Waals surface area contributed by atoms with Crippen LogP contribution in [0.25, 0.3) is 0 Å². The van der Waals surface area contributed by atoms with Gasteiger partial charge in [-0.2, -0.15) is 0 Å². The Morgan fingerprint density at radius 2 is 1.87 bits per heavy atom. The van der Waals surface area contributed by atoms with E-state index in [2.05, 4.69) is 47.6 Å². The summed E-state index contributed by atoms with van der Waals surface area (Å²) in [5, 5.41) is 0. The smallest absolute Gasteiger partial charge is 0.166 e. The Morgan fingerprint density at radius 1 is 1.17 bits per heavy atom. The molecule has 1 aliphatic heterocycles. The molecule has 3 unspecified atom stereocenters. The summed E-state index contributed by atoms with van der Waals surface area (Å²) in [7, 11) is 0. The van der Waals surface area contributed by atoms with Gasteiger partial charge in [0, 0.05) is 6.42 Å². The van der Waals surface area contributed by atoms with Crippen molar-refractivity contribution in [2.45, 2.75) is 105 Å². The minimum Gasteiger partial charge on any atom is -0.348 e. The van der Waals surface area contributed by atoms with Crippen molar-refractivity contribution in [2.24, 2.45) is 11.8 Å². The number of allylic oxidation sites excluding steroid dienone is 2. The molecular formula is C21H40O2. The summed E-state index contributed by atoms with van der Waals surface area (Å²) < 4.78 is 11.6. The van der Waals surface area contributed by atoms with Crippen LogP contribution in [0.4, 0.5) is 0 Å². The van der Waals surface area contributed by atoms with Crippen LogP contribution in [0.2, 0.25) is 0 Å². The van der Waals surface area contributed by atoms with Crippen molar-refractivity contribution in [2.75, 3.05) is 6.61 Å². The summed E-state index contributed by atoms with van der Waals surface area (Å²) in [6, 6.07) is 0. The van der Waals surface area contributed by atoms with Gasteiger partial charge in [-0.15, -0.1) is 0 Å². The highest BCUT2D eigenvalue weighted by Crippen LogP contribution is 2.28. The second-order valence-electron chi connectivity index (χ2n) is 8.28. The fourth-order valence-electron chi connectivity index (χ4n) is 3.35. The van der Waals surface area contributed by atoms with E-state index >= 15 is 0 Å². The van der Waals surface area contributed by atoms with Crippen LogP contribution < -0.4 is 0 Å². The predicted molar refractivity (Wildman–Crippen MR) is 99.6 cm³/mol. The molecule has 1 aliphatic rings. The van der Waals surface area contributed by atoms with Gasteiger partial charge in [-0.25, -0.2) is 0 Å². The average molecular weight is 325 g/mol. The summed E-state index contributed by atoms with van der Waals surface area (Å²) in [4.78, 5) is 0. The summed E-state index contributed by atoms with van der Waals surface area (Å²) in [5.41, 5.74) is 1.52. The molecule has 0 spiro atoms. The van der Waals surface area contributed by atoms with E-state index in [1.54, 1.807) is 0 Å². The third kappa shape index (κ3) is 9.52. The van der Waals surface area contributed by atoms with Crippen molar-refractivity contribution in [1.82, 2.24) is 0 Å². The molecular weight excluding hydrogens is 284 g/mol. The Kier molecular flexibility index (Phi) is 9.46. The first-order valence-corrected chi connectivity index (χ1v) is 9.78. The molecule has 1 rings (SSSR count). The van der Waals surface area contributed by atoms with Crippen molar-refractivity contribution >= 4 is 0 Å². The quantitative estimate of drug-likeness (QED) is 0.404. The zero-order valence-corrected chi connectivity index (χ0v) is 16.5. The molecule has 2 heteroatoms. The Morgan fingerprint density at radius 3 is 2.48 bits per heavy atom. The predicted octanol–water partition coefficient (Wildman–Crippen LogP) is 6.50. The van der Waals surface area contributed by atoms with E-state index < -0.39 is 0 Å². The van der Waals surface area contributed by atoms with Crippen molar-refractivity contribution in [3.63, 3.8) is 0 Å². The summed E-state index contributed by atoms with van der Waals surface area (Å²) in [6.45, 7) is 14.2. The second-order valence-corrected chi connectivity index (χ2v) is 8.28. The third-order valence-corrected chi connectivity index (χ3v) is 4.91. The SMILES string of the molecule is CC(=CCCC1(C)OCC(C)O1)CCCC(C)CCCC(C)C. The van der Waals surface area contributed by atoms with Gasteiger partial charge in [-0.05, 0) is 51.9 Å². The van der Waals surface area contributed by atoms with Crippen LogP contribution in [-0.4, -0.2) is 18.5 Å². The van der Waals surface area contributed by atoms with Gasteiger partial charge in [-0.1, -0.05) is 58.1 Å². The molecule has 136 valence electrons. The van der Waals surface area contributed by atoms with Gasteiger partial charge in [0.25, 0.3) is 0 Å². The number of hydrogen-bond acceptors (Lipinski definition) is 2. The van der Waals surface area contributed by atoms with Crippen LogP contribution in [0.15, 0.2) is 11.6 Å². The molecule has 2 nitrogen and oxygen atoms in total. The van der Waals surface area contributed by atoms with Crippen molar-refractivity contribution < 1.29 is 9.47 Å². The fourth-order valence-corrected chi connectivity index (χ4v) is 3.35. The van der Waals surface area contributed by atoms with Crippen molar-refractivity contribution in [3.8, 4) is 0 Å². The molecule has 1 fully saturated rings. The van der Waals surface area contributed by atoms with E-state index in [-0.39, 0.29) is 11.9 Å². The lowest BCUT2D eigenvalue weighted by atomic mass is 9.94. The zero-order valence-electron chi connectivity index (χ0n) is 16.5. The minimum atomic E-state index is -0.360. The molecule has 0 bridgehead atoms. The molecule has 0 radical (unpaired) electrons. The van der Waals surface area contributed by atoms with Gasteiger partial charge < -0.3 is 9.47 Å². The molecule has 0 N–H and O–H groups in total. The second kappa shape index (κ2) is 10.5. The summed E-state index contributed by atoms with van der Waals surface area (Å²) in [6.07, 6.45) is 12.7. The van der Waals surface area contributed by atoms with Crippen LogP contribution in [0.5, 0.6) is 0 Å². The fraction of sp³-hybridized carbons (Fsp3) is 0.905. The largest absolute Gasteiger partial charge is 0.348 e. The molecule has 23 heavy (non-hydrogen) atoms. The minimum absolute atomic E-state index is 0.238. The molecule has 0 aromatic heterocycles. The number of ether oxygens (including phenoxy) is 2. The average Bonchev–Trinajstić information content (AvgIpc) is 2.78. The topological polar surface area (TPSA) is 18.5 Å². The van der Waals surface area contributed by atoms with Gasteiger partial charge in [-0.3, -0.25) is 0 Å². The monoisotopic (exact) mass is 324 g/mol. The Balaban J connectivity index is 2.10. The lowest BCUT2D eigenvalue weighted by Crippen LogP contribution is -2.25. The first-order chi connectivity index (χ1) is 10.8. The number of rotatable bonds is 11. The molecule has 0 aromatic rings.